The Balaban J connectivity index is 0.000000166. The smallest absolute Gasteiger partial charge is 0.254 e. The van der Waals surface area contributed by atoms with Gasteiger partial charge in [0, 0.05) is 40.6 Å². The molecular formula is C47H40N10O4. The Kier molecular flexibility index (Phi) is 10.5. The molecule has 10 rings (SSSR count). The zero-order valence-corrected chi connectivity index (χ0v) is 31.8. The summed E-state index contributed by atoms with van der Waals surface area (Å²) >= 11 is 0. The van der Waals surface area contributed by atoms with E-state index in [2.05, 4.69) is 15.4 Å². The van der Waals surface area contributed by atoms with Gasteiger partial charge in [-0.15, -0.1) is 0 Å². The number of hydrogen-bond donors (Lipinski definition) is 5. The molecule has 14 nitrogen and oxygen atoms in total. The van der Waals surface area contributed by atoms with E-state index in [1.54, 1.807) is 27.5 Å². The number of amides is 2. The first-order valence-electron chi connectivity index (χ1n) is 18.8. The molecule has 1 aliphatic rings. The van der Waals surface area contributed by atoms with Crippen LogP contribution in [0.2, 0.25) is 0 Å². The molecule has 61 heavy (non-hydrogen) atoms. The lowest BCUT2D eigenvalue weighted by molar-refractivity contribution is 0.0993. The fraction of sp³-hybridized carbons (Fsp3) is 0.0426. The van der Waals surface area contributed by atoms with E-state index >= 15 is 0 Å². The lowest BCUT2D eigenvalue weighted by Crippen LogP contribution is -2.19. The number of benzene rings is 6. The quantitative estimate of drug-likeness (QED) is 0.0921. The molecule has 0 saturated carbocycles. The molecule has 302 valence electrons. The zero-order chi connectivity index (χ0) is 41.3. The third-order valence-electron chi connectivity index (χ3n) is 9.84. The average molecular weight is 809 g/mol. The summed E-state index contributed by atoms with van der Waals surface area (Å²) in [4.78, 5) is 29.0. The number of carbonyl (C=O) groups is 2. The number of aromatic nitrogens is 5. The maximum absolute atomic E-state index is 12.3. The van der Waals surface area contributed by atoms with Crippen LogP contribution < -0.4 is 37.7 Å². The summed E-state index contributed by atoms with van der Waals surface area (Å²) in [6.45, 7) is 0.560. The van der Waals surface area contributed by atoms with Gasteiger partial charge in [0.1, 0.15) is 51.3 Å². The minimum absolute atomic E-state index is 0. The van der Waals surface area contributed by atoms with Gasteiger partial charge in [-0.2, -0.15) is 10.2 Å². The lowest BCUT2D eigenvalue weighted by Gasteiger charge is -2.20. The molecule has 0 bridgehead atoms. The standard InChI is InChI=1S/C23H19N5O2.C23H17N5O2.CH4/c2*24-16-9-6-15-13-26-23-20(22(25)29)21(27-28(23)19(15)12-16)14-7-10-18(11-8-14)30-17-4-2-1-3-5-17;/h1-12,26H,13,24H2,(H2,25,29);1-13H,24H2,(H2,25,29);1H4. The second-order valence-electron chi connectivity index (χ2n) is 13.9. The van der Waals surface area contributed by atoms with Crippen molar-refractivity contribution in [2.24, 2.45) is 11.5 Å². The molecule has 0 spiro atoms. The van der Waals surface area contributed by atoms with E-state index in [9.17, 15) is 9.59 Å². The predicted octanol–water partition coefficient (Wildman–Crippen LogP) is 8.60. The highest BCUT2D eigenvalue weighted by molar-refractivity contribution is 6.06. The fourth-order valence-corrected chi connectivity index (χ4v) is 7.02. The van der Waals surface area contributed by atoms with Crippen LogP contribution in [-0.2, 0) is 6.54 Å². The van der Waals surface area contributed by atoms with Crippen LogP contribution >= 0.6 is 0 Å². The molecule has 14 heteroatoms. The second kappa shape index (κ2) is 16.3. The van der Waals surface area contributed by atoms with Crippen LogP contribution in [-0.4, -0.2) is 36.2 Å². The number of nitrogen functional groups attached to an aromatic ring is 2. The van der Waals surface area contributed by atoms with Crippen molar-refractivity contribution >= 4 is 45.6 Å². The molecule has 9 aromatic rings. The van der Waals surface area contributed by atoms with Crippen LogP contribution in [0.3, 0.4) is 0 Å². The van der Waals surface area contributed by atoms with Crippen molar-refractivity contribution in [2.45, 2.75) is 14.0 Å². The molecule has 4 heterocycles. The van der Waals surface area contributed by atoms with Crippen LogP contribution in [0.25, 0.3) is 44.8 Å². The number of ether oxygens (including phenoxy) is 2. The fourth-order valence-electron chi connectivity index (χ4n) is 7.02. The van der Waals surface area contributed by atoms with E-state index in [-0.39, 0.29) is 13.0 Å². The van der Waals surface area contributed by atoms with Crippen molar-refractivity contribution in [3.63, 3.8) is 0 Å². The largest absolute Gasteiger partial charge is 0.457 e. The molecule has 0 fully saturated rings. The highest BCUT2D eigenvalue weighted by Gasteiger charge is 2.28. The Morgan fingerprint density at radius 1 is 0.607 bits per heavy atom. The number of anilines is 3. The highest BCUT2D eigenvalue weighted by atomic mass is 16.5. The summed E-state index contributed by atoms with van der Waals surface area (Å²) in [5.74, 6) is 2.27. The molecule has 0 aliphatic carbocycles. The van der Waals surface area contributed by atoms with E-state index in [4.69, 9.17) is 37.5 Å². The molecule has 0 radical (unpaired) electrons. The number of nitrogens with one attached hydrogen (secondary N) is 1. The maximum Gasteiger partial charge on any atom is 0.254 e. The van der Waals surface area contributed by atoms with Gasteiger partial charge in [0.25, 0.3) is 11.8 Å². The SMILES string of the molecule is C.NC(=O)c1c(-c2ccc(Oc3ccccc3)cc2)nn2c1NCc1ccc(N)cc1-2.NC(=O)c1c(-c2ccc(Oc3ccccc3)cc2)nn2c1ncc1ccc(N)cc12. The summed E-state index contributed by atoms with van der Waals surface area (Å²) < 4.78 is 15.0. The number of primary amides is 2. The molecule has 1 aliphatic heterocycles. The van der Waals surface area contributed by atoms with Gasteiger partial charge in [-0.1, -0.05) is 49.9 Å². The molecule has 0 saturated heterocycles. The van der Waals surface area contributed by atoms with Crippen molar-refractivity contribution in [3.8, 4) is 51.2 Å². The Hall–Kier alpha value is -8.65. The van der Waals surface area contributed by atoms with Crippen LogP contribution in [0.5, 0.6) is 23.0 Å². The zero-order valence-electron chi connectivity index (χ0n) is 31.8. The minimum atomic E-state index is -0.597. The number of fused-ring (bicyclic) bond motifs is 6. The van der Waals surface area contributed by atoms with Crippen molar-refractivity contribution < 1.29 is 19.1 Å². The first-order chi connectivity index (χ1) is 29.2. The van der Waals surface area contributed by atoms with Gasteiger partial charge in [-0.3, -0.25) is 9.59 Å². The third kappa shape index (κ3) is 7.71. The monoisotopic (exact) mass is 808 g/mol. The number of rotatable bonds is 8. The molecule has 2 amide bonds. The predicted molar refractivity (Wildman–Crippen MR) is 238 cm³/mol. The summed E-state index contributed by atoms with van der Waals surface area (Å²) in [5.41, 5.74) is 30.6. The number of hydrogen-bond acceptors (Lipinski definition) is 10. The number of nitrogens with two attached hydrogens (primary N) is 4. The number of carbonyl (C=O) groups excluding carboxylic acids is 2. The van der Waals surface area contributed by atoms with Crippen LogP contribution in [0.4, 0.5) is 17.2 Å². The van der Waals surface area contributed by atoms with Crippen LogP contribution in [0.1, 0.15) is 33.7 Å². The summed E-state index contributed by atoms with van der Waals surface area (Å²) in [5, 5.41) is 13.5. The Morgan fingerprint density at radius 2 is 1.13 bits per heavy atom. The minimum Gasteiger partial charge on any atom is -0.457 e. The Labute approximate surface area is 350 Å². The molecule has 6 aromatic carbocycles. The van der Waals surface area contributed by atoms with Crippen molar-refractivity contribution in [1.82, 2.24) is 24.4 Å². The first-order valence-corrected chi connectivity index (χ1v) is 18.8. The number of para-hydroxylation sites is 2. The molecule has 3 aromatic heterocycles. The van der Waals surface area contributed by atoms with E-state index in [0.717, 1.165) is 44.8 Å². The molecule has 0 unspecified atom stereocenters. The lowest BCUT2D eigenvalue weighted by atomic mass is 10.1. The first kappa shape index (κ1) is 39.2. The summed E-state index contributed by atoms with van der Waals surface area (Å²) in [7, 11) is 0. The normalized spacial score (nSPS) is 11.3. The van der Waals surface area contributed by atoms with Gasteiger partial charge in [-0.25, -0.2) is 14.2 Å². The van der Waals surface area contributed by atoms with E-state index in [0.29, 0.717) is 57.8 Å². The van der Waals surface area contributed by atoms with Gasteiger partial charge < -0.3 is 37.7 Å². The maximum atomic E-state index is 12.3. The number of nitrogens with zero attached hydrogens (tertiary/aromatic N) is 5. The topological polar surface area (TPSA) is 217 Å². The molecule has 9 N–H and O–H groups in total. The average Bonchev–Trinajstić information content (AvgIpc) is 3.86. The van der Waals surface area contributed by atoms with E-state index < -0.39 is 11.8 Å². The summed E-state index contributed by atoms with van der Waals surface area (Å²) in [6, 6.07) is 44.8. The van der Waals surface area contributed by atoms with Gasteiger partial charge in [0.05, 0.1) is 11.2 Å². The van der Waals surface area contributed by atoms with Crippen molar-refractivity contribution in [2.75, 3.05) is 16.8 Å². The summed E-state index contributed by atoms with van der Waals surface area (Å²) in [6.07, 6.45) is 1.68. The van der Waals surface area contributed by atoms with Gasteiger partial charge in [0.2, 0.25) is 0 Å². The highest BCUT2D eigenvalue weighted by Crippen LogP contribution is 2.37. The molecule has 0 atom stereocenters. The van der Waals surface area contributed by atoms with Gasteiger partial charge >= 0.3 is 0 Å². The van der Waals surface area contributed by atoms with E-state index in [1.807, 2.05) is 133 Å². The second-order valence-corrected chi connectivity index (χ2v) is 13.9. The Bertz CT molecular complexity index is 3060. The molecular weight excluding hydrogens is 769 g/mol. The van der Waals surface area contributed by atoms with Gasteiger partial charge in [-0.05, 0) is 109 Å². The van der Waals surface area contributed by atoms with Crippen LogP contribution in [0, 0.1) is 0 Å². The van der Waals surface area contributed by atoms with Crippen molar-refractivity contribution in [1.29, 1.82) is 0 Å². The van der Waals surface area contributed by atoms with Crippen molar-refractivity contribution in [3.05, 3.63) is 168 Å². The van der Waals surface area contributed by atoms with Gasteiger partial charge in [0.15, 0.2) is 5.65 Å². The van der Waals surface area contributed by atoms with Crippen LogP contribution in [0.15, 0.2) is 152 Å². The van der Waals surface area contributed by atoms with E-state index in [1.165, 1.54) is 0 Å². The Morgan fingerprint density at radius 3 is 1.70 bits per heavy atom. The third-order valence-corrected chi connectivity index (χ3v) is 9.84.